The van der Waals surface area contributed by atoms with Crippen LogP contribution in [0, 0.1) is 0 Å². The first-order valence-electron chi connectivity index (χ1n) is 8.79. The standard InChI is InChI=1S/C18H30O4/c1-2-3-4-5-6-7-8-9-10-11-12-13-15(19)17-16(20)14-22-18(17)21/h19H,2-14H2,1H3/b17-15+. The summed E-state index contributed by atoms with van der Waals surface area (Å²) >= 11 is 0. The highest BCUT2D eigenvalue weighted by molar-refractivity contribution is 6.22. The van der Waals surface area contributed by atoms with E-state index in [1.54, 1.807) is 0 Å². The number of Topliss-reactive ketones (excluding diaryl/α,β-unsaturated/α-hetero) is 1. The van der Waals surface area contributed by atoms with Crippen molar-refractivity contribution in [2.24, 2.45) is 0 Å². The molecule has 0 aromatic rings. The summed E-state index contributed by atoms with van der Waals surface area (Å²) in [5, 5.41) is 9.79. The van der Waals surface area contributed by atoms with Gasteiger partial charge >= 0.3 is 5.97 Å². The van der Waals surface area contributed by atoms with Crippen molar-refractivity contribution in [2.75, 3.05) is 6.61 Å². The van der Waals surface area contributed by atoms with Gasteiger partial charge in [0.2, 0.25) is 5.78 Å². The first-order chi connectivity index (χ1) is 10.7. The van der Waals surface area contributed by atoms with E-state index in [9.17, 15) is 14.7 Å². The molecule has 1 aliphatic heterocycles. The maximum atomic E-state index is 11.4. The van der Waals surface area contributed by atoms with Gasteiger partial charge in [0.1, 0.15) is 11.3 Å². The number of esters is 1. The van der Waals surface area contributed by atoms with E-state index < -0.39 is 11.8 Å². The largest absolute Gasteiger partial charge is 0.511 e. The monoisotopic (exact) mass is 310 g/mol. The summed E-state index contributed by atoms with van der Waals surface area (Å²) in [5.41, 5.74) is -0.132. The fourth-order valence-corrected chi connectivity index (χ4v) is 2.75. The highest BCUT2D eigenvalue weighted by atomic mass is 16.5. The minimum Gasteiger partial charge on any atom is -0.511 e. The number of rotatable bonds is 12. The first kappa shape index (κ1) is 18.7. The highest BCUT2D eigenvalue weighted by Crippen LogP contribution is 2.18. The summed E-state index contributed by atoms with van der Waals surface area (Å²) < 4.78 is 4.60. The number of unbranched alkanes of at least 4 members (excludes halogenated alkanes) is 10. The molecule has 0 spiro atoms. The Bertz CT molecular complexity index is 367. The van der Waals surface area contributed by atoms with Gasteiger partial charge in [0.05, 0.1) is 0 Å². The Morgan fingerprint density at radius 3 is 1.86 bits per heavy atom. The van der Waals surface area contributed by atoms with Crippen molar-refractivity contribution in [3.05, 3.63) is 11.3 Å². The third-order valence-electron chi connectivity index (χ3n) is 4.12. The lowest BCUT2D eigenvalue weighted by Gasteiger charge is -2.03. The molecule has 1 heterocycles. The summed E-state index contributed by atoms with van der Waals surface area (Å²) in [4.78, 5) is 22.6. The number of aliphatic hydroxyl groups is 1. The van der Waals surface area contributed by atoms with E-state index in [-0.39, 0.29) is 17.9 Å². The van der Waals surface area contributed by atoms with E-state index in [1.807, 2.05) is 0 Å². The molecular weight excluding hydrogens is 280 g/mol. The fraction of sp³-hybridized carbons (Fsp3) is 0.778. The van der Waals surface area contributed by atoms with Crippen LogP contribution in [-0.4, -0.2) is 23.5 Å². The van der Waals surface area contributed by atoms with Crippen LogP contribution in [0.2, 0.25) is 0 Å². The van der Waals surface area contributed by atoms with E-state index in [0.29, 0.717) is 6.42 Å². The summed E-state index contributed by atoms with van der Waals surface area (Å²) in [5.74, 6) is -1.17. The Balaban J connectivity index is 1.98. The number of carbonyl (C=O) groups excluding carboxylic acids is 2. The van der Waals surface area contributed by atoms with Crippen LogP contribution in [-0.2, 0) is 14.3 Å². The predicted octanol–water partition coefficient (Wildman–Crippen LogP) is 4.63. The van der Waals surface area contributed by atoms with Crippen molar-refractivity contribution >= 4 is 11.8 Å². The van der Waals surface area contributed by atoms with Crippen LogP contribution >= 0.6 is 0 Å². The first-order valence-corrected chi connectivity index (χ1v) is 8.79. The number of hydrogen-bond donors (Lipinski definition) is 1. The Morgan fingerprint density at radius 1 is 0.909 bits per heavy atom. The third-order valence-corrected chi connectivity index (χ3v) is 4.12. The van der Waals surface area contributed by atoms with Gasteiger partial charge in [-0.2, -0.15) is 0 Å². The molecule has 1 fully saturated rings. The van der Waals surface area contributed by atoms with Crippen molar-refractivity contribution in [3.63, 3.8) is 0 Å². The normalized spacial score (nSPS) is 17.0. The minimum absolute atomic E-state index is 0.0941. The minimum atomic E-state index is -0.675. The Hall–Kier alpha value is -1.32. The van der Waals surface area contributed by atoms with Gasteiger partial charge in [-0.15, -0.1) is 0 Å². The molecule has 0 bridgehead atoms. The Kier molecular flexibility index (Phi) is 9.60. The second kappa shape index (κ2) is 11.3. The molecule has 1 N–H and O–H groups in total. The molecule has 1 saturated heterocycles. The number of ether oxygens (including phenoxy) is 1. The summed E-state index contributed by atoms with van der Waals surface area (Å²) in [6, 6.07) is 0. The summed E-state index contributed by atoms with van der Waals surface area (Å²) in [6.07, 6.45) is 13.9. The van der Waals surface area contributed by atoms with E-state index in [2.05, 4.69) is 11.7 Å². The highest BCUT2D eigenvalue weighted by Gasteiger charge is 2.31. The Labute approximate surface area is 133 Å². The van der Waals surface area contributed by atoms with Crippen LogP contribution < -0.4 is 0 Å². The van der Waals surface area contributed by atoms with E-state index >= 15 is 0 Å². The third kappa shape index (κ3) is 7.10. The van der Waals surface area contributed by atoms with Gasteiger partial charge in [0.25, 0.3) is 0 Å². The van der Waals surface area contributed by atoms with Gasteiger partial charge in [0, 0.05) is 6.42 Å². The van der Waals surface area contributed by atoms with Gasteiger partial charge in [-0.1, -0.05) is 71.1 Å². The van der Waals surface area contributed by atoms with Crippen molar-refractivity contribution in [1.82, 2.24) is 0 Å². The molecule has 1 rings (SSSR count). The molecule has 126 valence electrons. The Morgan fingerprint density at radius 2 is 1.41 bits per heavy atom. The fourth-order valence-electron chi connectivity index (χ4n) is 2.75. The molecule has 0 aromatic heterocycles. The van der Waals surface area contributed by atoms with Crippen LogP contribution in [0.1, 0.15) is 84.0 Å². The lowest BCUT2D eigenvalue weighted by atomic mass is 10.0. The van der Waals surface area contributed by atoms with Crippen LogP contribution in [0.4, 0.5) is 0 Å². The molecule has 0 atom stereocenters. The molecule has 4 nitrogen and oxygen atoms in total. The quantitative estimate of drug-likeness (QED) is 0.188. The maximum Gasteiger partial charge on any atom is 0.345 e. The van der Waals surface area contributed by atoms with E-state index in [0.717, 1.165) is 19.3 Å². The SMILES string of the molecule is CCCCCCCCCCCCC/C(O)=C1/C(=O)COC1=O. The zero-order valence-corrected chi connectivity index (χ0v) is 13.9. The molecule has 0 unspecified atom stereocenters. The number of allylic oxidation sites excluding steroid dienone is 1. The maximum absolute atomic E-state index is 11.4. The molecule has 0 amide bonds. The number of hydrogen-bond acceptors (Lipinski definition) is 4. The molecule has 1 aliphatic rings. The molecule has 22 heavy (non-hydrogen) atoms. The molecule has 0 saturated carbocycles. The van der Waals surface area contributed by atoms with E-state index in [4.69, 9.17) is 0 Å². The van der Waals surface area contributed by atoms with Crippen molar-refractivity contribution in [3.8, 4) is 0 Å². The van der Waals surface area contributed by atoms with Crippen LogP contribution in [0.15, 0.2) is 11.3 Å². The number of aliphatic hydroxyl groups excluding tert-OH is 1. The number of carbonyl (C=O) groups is 2. The van der Waals surface area contributed by atoms with Crippen LogP contribution in [0.3, 0.4) is 0 Å². The van der Waals surface area contributed by atoms with Gasteiger partial charge in [0.15, 0.2) is 6.61 Å². The smallest absolute Gasteiger partial charge is 0.345 e. The molecule has 4 heteroatoms. The molecular formula is C18H30O4. The van der Waals surface area contributed by atoms with Gasteiger partial charge in [-0.25, -0.2) is 4.79 Å². The average molecular weight is 310 g/mol. The predicted molar refractivity (Wildman–Crippen MR) is 86.7 cm³/mol. The van der Waals surface area contributed by atoms with Crippen molar-refractivity contribution in [1.29, 1.82) is 0 Å². The second-order valence-corrected chi connectivity index (χ2v) is 6.11. The van der Waals surface area contributed by atoms with Gasteiger partial charge in [-0.3, -0.25) is 4.79 Å². The zero-order chi connectivity index (χ0) is 16.2. The summed E-state index contributed by atoms with van der Waals surface area (Å²) in [6.45, 7) is 2.01. The second-order valence-electron chi connectivity index (χ2n) is 6.11. The lowest BCUT2D eigenvalue weighted by Crippen LogP contribution is -2.05. The van der Waals surface area contributed by atoms with E-state index in [1.165, 1.54) is 51.4 Å². The van der Waals surface area contributed by atoms with Gasteiger partial charge in [-0.05, 0) is 6.42 Å². The van der Waals surface area contributed by atoms with Gasteiger partial charge < -0.3 is 9.84 Å². The van der Waals surface area contributed by atoms with Crippen molar-refractivity contribution < 1.29 is 19.4 Å². The van der Waals surface area contributed by atoms with Crippen LogP contribution in [0.25, 0.3) is 0 Å². The number of ketones is 1. The lowest BCUT2D eigenvalue weighted by molar-refractivity contribution is -0.135. The topological polar surface area (TPSA) is 63.6 Å². The zero-order valence-electron chi connectivity index (χ0n) is 13.9. The molecule has 0 aliphatic carbocycles. The van der Waals surface area contributed by atoms with Crippen molar-refractivity contribution in [2.45, 2.75) is 84.0 Å². The van der Waals surface area contributed by atoms with Crippen LogP contribution in [0.5, 0.6) is 0 Å². The summed E-state index contributed by atoms with van der Waals surface area (Å²) in [7, 11) is 0. The number of cyclic esters (lactones) is 1. The molecule has 0 radical (unpaired) electrons. The molecule has 0 aromatic carbocycles. The average Bonchev–Trinajstić information content (AvgIpc) is 2.83.